The van der Waals surface area contributed by atoms with Gasteiger partial charge < -0.3 is 10.2 Å². The van der Waals surface area contributed by atoms with Crippen molar-refractivity contribution in [2.24, 2.45) is 0 Å². The molecule has 1 aromatic carbocycles. The summed E-state index contributed by atoms with van der Waals surface area (Å²) >= 11 is 0. The van der Waals surface area contributed by atoms with E-state index < -0.39 is 0 Å². The number of nitrogens with one attached hydrogen (secondary N) is 1. The summed E-state index contributed by atoms with van der Waals surface area (Å²) in [6.07, 6.45) is 0. The lowest BCUT2D eigenvalue weighted by Crippen LogP contribution is -2.48. The Kier molecular flexibility index (Phi) is 3.20. The third-order valence-electron chi connectivity index (χ3n) is 3.13. The Bertz CT molecular complexity index is 403. The van der Waals surface area contributed by atoms with E-state index in [-0.39, 0.29) is 11.3 Å². The molecule has 1 heterocycles. The Labute approximate surface area is 103 Å². The van der Waals surface area contributed by atoms with E-state index in [0.717, 1.165) is 18.8 Å². The Hall–Kier alpha value is -1.35. The van der Waals surface area contributed by atoms with Crippen molar-refractivity contribution in [3.63, 3.8) is 0 Å². The van der Waals surface area contributed by atoms with E-state index in [2.05, 4.69) is 38.2 Å². The maximum atomic E-state index is 11.7. The van der Waals surface area contributed by atoms with Crippen molar-refractivity contribution in [3.8, 4) is 0 Å². The van der Waals surface area contributed by atoms with Gasteiger partial charge in [-0.05, 0) is 23.1 Å². The molecular formula is C14H20N2O. The third kappa shape index (κ3) is 2.67. The van der Waals surface area contributed by atoms with Gasteiger partial charge in [0.05, 0.1) is 6.54 Å². The van der Waals surface area contributed by atoms with Crippen LogP contribution in [-0.4, -0.2) is 25.5 Å². The van der Waals surface area contributed by atoms with Crippen LogP contribution in [0.4, 0.5) is 5.69 Å². The topological polar surface area (TPSA) is 32.3 Å². The zero-order valence-corrected chi connectivity index (χ0v) is 10.8. The van der Waals surface area contributed by atoms with Crippen molar-refractivity contribution in [3.05, 3.63) is 29.8 Å². The highest BCUT2D eigenvalue weighted by atomic mass is 16.2. The molecule has 1 N–H and O–H groups in total. The van der Waals surface area contributed by atoms with Gasteiger partial charge in [-0.15, -0.1) is 0 Å². The standard InChI is InChI=1S/C14H20N2O/c1-14(2,3)11-4-6-12(7-5-11)16-9-8-15-10-13(16)17/h4-7,15H,8-10H2,1-3H3. The minimum absolute atomic E-state index is 0.153. The van der Waals surface area contributed by atoms with Crippen LogP contribution in [0.25, 0.3) is 0 Å². The maximum absolute atomic E-state index is 11.7. The van der Waals surface area contributed by atoms with E-state index in [1.165, 1.54) is 5.56 Å². The van der Waals surface area contributed by atoms with Crippen molar-refractivity contribution in [2.75, 3.05) is 24.5 Å². The molecule has 0 saturated carbocycles. The highest BCUT2D eigenvalue weighted by Crippen LogP contribution is 2.25. The Morgan fingerprint density at radius 3 is 2.35 bits per heavy atom. The summed E-state index contributed by atoms with van der Waals surface area (Å²) in [7, 11) is 0. The molecule has 1 fully saturated rings. The van der Waals surface area contributed by atoms with Gasteiger partial charge in [-0.3, -0.25) is 4.79 Å². The molecule has 1 aliphatic rings. The quantitative estimate of drug-likeness (QED) is 0.802. The lowest BCUT2D eigenvalue weighted by molar-refractivity contribution is -0.118. The van der Waals surface area contributed by atoms with E-state index >= 15 is 0 Å². The van der Waals surface area contributed by atoms with Crippen molar-refractivity contribution < 1.29 is 4.79 Å². The zero-order chi connectivity index (χ0) is 12.5. The fraction of sp³-hybridized carbons (Fsp3) is 0.500. The molecule has 2 rings (SSSR count). The SMILES string of the molecule is CC(C)(C)c1ccc(N2CCNCC2=O)cc1. The van der Waals surface area contributed by atoms with Crippen molar-refractivity contribution in [1.29, 1.82) is 0 Å². The number of hydrogen-bond donors (Lipinski definition) is 1. The molecule has 0 atom stereocenters. The summed E-state index contributed by atoms with van der Waals surface area (Å²) in [6.45, 7) is 8.65. The molecule has 1 amide bonds. The van der Waals surface area contributed by atoms with Crippen molar-refractivity contribution >= 4 is 11.6 Å². The Morgan fingerprint density at radius 1 is 1.18 bits per heavy atom. The maximum Gasteiger partial charge on any atom is 0.240 e. The number of rotatable bonds is 1. The summed E-state index contributed by atoms with van der Waals surface area (Å²) in [5.74, 6) is 0.153. The van der Waals surface area contributed by atoms with Crippen LogP contribution in [0.1, 0.15) is 26.3 Å². The Morgan fingerprint density at radius 2 is 1.82 bits per heavy atom. The molecule has 0 aromatic heterocycles. The van der Waals surface area contributed by atoms with Crippen LogP contribution >= 0.6 is 0 Å². The van der Waals surface area contributed by atoms with Crippen molar-refractivity contribution in [2.45, 2.75) is 26.2 Å². The highest BCUT2D eigenvalue weighted by Gasteiger charge is 2.20. The second-order valence-corrected chi connectivity index (χ2v) is 5.52. The molecule has 0 bridgehead atoms. The van der Waals surface area contributed by atoms with Gasteiger partial charge in [-0.1, -0.05) is 32.9 Å². The monoisotopic (exact) mass is 232 g/mol. The van der Waals surface area contributed by atoms with Gasteiger partial charge in [-0.25, -0.2) is 0 Å². The van der Waals surface area contributed by atoms with Crippen LogP contribution in [-0.2, 0) is 10.2 Å². The summed E-state index contributed by atoms with van der Waals surface area (Å²) in [4.78, 5) is 13.6. The van der Waals surface area contributed by atoms with Crippen LogP contribution < -0.4 is 10.2 Å². The summed E-state index contributed by atoms with van der Waals surface area (Å²) in [5.41, 5.74) is 2.46. The third-order valence-corrected chi connectivity index (χ3v) is 3.13. The second kappa shape index (κ2) is 4.49. The predicted molar refractivity (Wildman–Crippen MR) is 70.4 cm³/mol. The molecule has 17 heavy (non-hydrogen) atoms. The highest BCUT2D eigenvalue weighted by molar-refractivity contribution is 5.95. The van der Waals surface area contributed by atoms with Crippen molar-refractivity contribution in [1.82, 2.24) is 5.32 Å². The number of carbonyl (C=O) groups excluding carboxylic acids is 1. The van der Waals surface area contributed by atoms with E-state index in [1.807, 2.05) is 17.0 Å². The molecule has 0 spiro atoms. The van der Waals surface area contributed by atoms with Crippen LogP contribution in [0.15, 0.2) is 24.3 Å². The summed E-state index contributed by atoms with van der Waals surface area (Å²) in [5, 5.41) is 3.08. The average molecular weight is 232 g/mol. The van der Waals surface area contributed by atoms with Gasteiger partial charge in [0.2, 0.25) is 5.91 Å². The molecule has 1 aromatic rings. The predicted octanol–water partition coefficient (Wildman–Crippen LogP) is 1.92. The minimum atomic E-state index is 0.153. The number of anilines is 1. The van der Waals surface area contributed by atoms with Gasteiger partial charge in [0.1, 0.15) is 0 Å². The lowest BCUT2D eigenvalue weighted by Gasteiger charge is -2.28. The average Bonchev–Trinajstić information content (AvgIpc) is 2.29. The first-order chi connectivity index (χ1) is 7.98. The van der Waals surface area contributed by atoms with E-state index in [1.54, 1.807) is 0 Å². The molecule has 0 unspecified atom stereocenters. The number of benzene rings is 1. The van der Waals surface area contributed by atoms with Crippen LogP contribution in [0.3, 0.4) is 0 Å². The number of carbonyl (C=O) groups is 1. The Balaban J connectivity index is 2.20. The molecule has 3 nitrogen and oxygen atoms in total. The normalized spacial score (nSPS) is 17.4. The first-order valence-corrected chi connectivity index (χ1v) is 6.10. The van der Waals surface area contributed by atoms with Gasteiger partial charge in [0.25, 0.3) is 0 Å². The minimum Gasteiger partial charge on any atom is -0.310 e. The van der Waals surface area contributed by atoms with Crippen LogP contribution in [0.2, 0.25) is 0 Å². The zero-order valence-electron chi connectivity index (χ0n) is 10.8. The largest absolute Gasteiger partial charge is 0.310 e. The first kappa shape index (κ1) is 12.1. The van der Waals surface area contributed by atoms with Gasteiger partial charge in [0, 0.05) is 18.8 Å². The number of amides is 1. The molecular weight excluding hydrogens is 212 g/mol. The fourth-order valence-electron chi connectivity index (χ4n) is 2.02. The fourth-order valence-corrected chi connectivity index (χ4v) is 2.02. The first-order valence-electron chi connectivity index (χ1n) is 6.10. The summed E-state index contributed by atoms with van der Waals surface area (Å²) < 4.78 is 0. The second-order valence-electron chi connectivity index (χ2n) is 5.52. The van der Waals surface area contributed by atoms with Gasteiger partial charge >= 0.3 is 0 Å². The summed E-state index contributed by atoms with van der Waals surface area (Å²) in [6, 6.07) is 8.32. The van der Waals surface area contributed by atoms with Crippen LogP contribution in [0.5, 0.6) is 0 Å². The molecule has 0 radical (unpaired) electrons. The van der Waals surface area contributed by atoms with Crippen LogP contribution in [0, 0.1) is 0 Å². The molecule has 1 aliphatic heterocycles. The number of nitrogens with zero attached hydrogens (tertiary/aromatic N) is 1. The van der Waals surface area contributed by atoms with E-state index in [9.17, 15) is 4.79 Å². The molecule has 92 valence electrons. The van der Waals surface area contributed by atoms with Gasteiger partial charge in [-0.2, -0.15) is 0 Å². The smallest absolute Gasteiger partial charge is 0.240 e. The van der Waals surface area contributed by atoms with Gasteiger partial charge in [0.15, 0.2) is 0 Å². The molecule has 0 aliphatic carbocycles. The number of hydrogen-bond acceptors (Lipinski definition) is 2. The van der Waals surface area contributed by atoms with E-state index in [0.29, 0.717) is 6.54 Å². The molecule has 1 saturated heterocycles. The number of piperazine rings is 1. The van der Waals surface area contributed by atoms with E-state index in [4.69, 9.17) is 0 Å². The lowest BCUT2D eigenvalue weighted by atomic mass is 9.87. The molecule has 3 heteroatoms.